The Morgan fingerprint density at radius 3 is 3.08 bits per heavy atom. The summed E-state index contributed by atoms with van der Waals surface area (Å²) in [6.07, 6.45) is 3.04. The van der Waals surface area contributed by atoms with Crippen molar-refractivity contribution in [1.29, 1.82) is 0 Å². The van der Waals surface area contributed by atoms with Crippen LogP contribution in [0.3, 0.4) is 0 Å². The van der Waals surface area contributed by atoms with Crippen LogP contribution in [0.25, 0.3) is 0 Å². The molecule has 0 saturated carbocycles. The Kier molecular flexibility index (Phi) is 2.32. The lowest BCUT2D eigenvalue weighted by Gasteiger charge is -1.98. The van der Waals surface area contributed by atoms with E-state index in [0.29, 0.717) is 11.1 Å². The molecule has 0 radical (unpaired) electrons. The molecule has 1 N–H and O–H groups in total. The first-order valence-electron chi connectivity index (χ1n) is 3.98. The van der Waals surface area contributed by atoms with E-state index in [0.717, 1.165) is 25.4 Å². The molecule has 1 atom stereocenters. The number of aromatic nitrogens is 2. The largest absolute Gasteiger partial charge is 0.416 e. The Balaban J connectivity index is 2.11. The first-order chi connectivity index (χ1) is 5.90. The molecule has 2 rings (SSSR count). The zero-order valence-corrected chi connectivity index (χ0v) is 7.73. The molecule has 1 aliphatic heterocycles. The van der Waals surface area contributed by atoms with Crippen molar-refractivity contribution < 1.29 is 4.42 Å². The Morgan fingerprint density at radius 2 is 2.50 bits per heavy atom. The van der Waals surface area contributed by atoms with Crippen LogP contribution in [0.15, 0.2) is 9.64 Å². The minimum Gasteiger partial charge on any atom is -0.416 e. The highest BCUT2D eigenvalue weighted by atomic mass is 32.2. The van der Waals surface area contributed by atoms with Gasteiger partial charge in [0.25, 0.3) is 5.22 Å². The molecule has 66 valence electrons. The lowest BCUT2D eigenvalue weighted by Crippen LogP contribution is -2.08. The van der Waals surface area contributed by atoms with E-state index in [1.165, 1.54) is 11.8 Å². The normalized spacial score (nSPS) is 23.2. The molecule has 1 aliphatic rings. The maximum Gasteiger partial charge on any atom is 0.276 e. The molecule has 5 heteroatoms. The molecule has 1 aromatic rings. The van der Waals surface area contributed by atoms with Crippen LogP contribution in [-0.2, 0) is 0 Å². The predicted molar refractivity (Wildman–Crippen MR) is 46.3 cm³/mol. The molecule has 1 aromatic heterocycles. The quantitative estimate of drug-likeness (QED) is 0.693. The highest BCUT2D eigenvalue weighted by Gasteiger charge is 2.21. The van der Waals surface area contributed by atoms with E-state index < -0.39 is 0 Å². The van der Waals surface area contributed by atoms with E-state index in [2.05, 4.69) is 15.5 Å². The second kappa shape index (κ2) is 3.45. The van der Waals surface area contributed by atoms with Gasteiger partial charge >= 0.3 is 0 Å². The summed E-state index contributed by atoms with van der Waals surface area (Å²) in [4.78, 5) is 0. The second-order valence-corrected chi connectivity index (χ2v) is 3.56. The standard InChI is InChI=1S/C7H11N3OS/c1-12-7-10-9-6(11-7)5-2-3-8-4-5/h5,8H,2-4H2,1H3. The van der Waals surface area contributed by atoms with Crippen LogP contribution in [0.1, 0.15) is 18.2 Å². The van der Waals surface area contributed by atoms with Crippen molar-refractivity contribution in [3.05, 3.63) is 5.89 Å². The molecular weight excluding hydrogens is 174 g/mol. The lowest BCUT2D eigenvalue weighted by atomic mass is 10.1. The topological polar surface area (TPSA) is 51.0 Å². The average Bonchev–Trinajstić information content (AvgIpc) is 2.75. The smallest absolute Gasteiger partial charge is 0.276 e. The van der Waals surface area contributed by atoms with Gasteiger partial charge in [-0.05, 0) is 19.2 Å². The zero-order valence-electron chi connectivity index (χ0n) is 6.91. The van der Waals surface area contributed by atoms with Gasteiger partial charge in [-0.15, -0.1) is 10.2 Å². The van der Waals surface area contributed by atoms with Crippen LogP contribution in [0.2, 0.25) is 0 Å². The van der Waals surface area contributed by atoms with E-state index >= 15 is 0 Å². The molecule has 0 amide bonds. The minimum absolute atomic E-state index is 0.429. The van der Waals surface area contributed by atoms with Crippen LogP contribution >= 0.6 is 11.8 Å². The zero-order chi connectivity index (χ0) is 8.39. The maximum absolute atomic E-state index is 5.42. The number of nitrogens with one attached hydrogen (secondary N) is 1. The number of nitrogens with zero attached hydrogens (tertiary/aromatic N) is 2. The van der Waals surface area contributed by atoms with Crippen LogP contribution in [0.4, 0.5) is 0 Å². The summed E-state index contributed by atoms with van der Waals surface area (Å²) >= 11 is 1.49. The molecule has 1 saturated heterocycles. The highest BCUT2D eigenvalue weighted by molar-refractivity contribution is 7.98. The molecule has 1 unspecified atom stereocenters. The predicted octanol–water partition coefficient (Wildman–Crippen LogP) is 0.868. The number of hydrogen-bond donors (Lipinski definition) is 1. The van der Waals surface area contributed by atoms with Crippen molar-refractivity contribution in [2.75, 3.05) is 19.3 Å². The third-order valence-corrected chi connectivity index (χ3v) is 2.52. The van der Waals surface area contributed by atoms with Gasteiger partial charge in [0.05, 0.1) is 5.92 Å². The van der Waals surface area contributed by atoms with Gasteiger partial charge < -0.3 is 9.73 Å². The monoisotopic (exact) mass is 185 g/mol. The van der Waals surface area contributed by atoms with Gasteiger partial charge in [-0.2, -0.15) is 0 Å². The van der Waals surface area contributed by atoms with Crippen LogP contribution in [0.5, 0.6) is 0 Å². The second-order valence-electron chi connectivity index (χ2n) is 2.80. The van der Waals surface area contributed by atoms with Gasteiger partial charge in [-0.3, -0.25) is 0 Å². The Labute approximate surface area is 75.1 Å². The molecule has 0 bridgehead atoms. The maximum atomic E-state index is 5.42. The Hall–Kier alpha value is -0.550. The first-order valence-corrected chi connectivity index (χ1v) is 5.20. The lowest BCUT2D eigenvalue weighted by molar-refractivity contribution is 0.391. The van der Waals surface area contributed by atoms with Gasteiger partial charge in [0.1, 0.15) is 0 Å². The number of thioether (sulfide) groups is 1. The van der Waals surface area contributed by atoms with Crippen molar-refractivity contribution in [2.24, 2.45) is 0 Å². The number of hydrogen-bond acceptors (Lipinski definition) is 5. The fourth-order valence-electron chi connectivity index (χ4n) is 1.33. The van der Waals surface area contributed by atoms with Crippen molar-refractivity contribution in [1.82, 2.24) is 15.5 Å². The third kappa shape index (κ3) is 1.47. The van der Waals surface area contributed by atoms with Gasteiger partial charge in [0, 0.05) is 6.54 Å². The average molecular weight is 185 g/mol. The van der Waals surface area contributed by atoms with E-state index in [1.54, 1.807) is 0 Å². The summed E-state index contributed by atoms with van der Waals surface area (Å²) in [6, 6.07) is 0. The summed E-state index contributed by atoms with van der Waals surface area (Å²) in [6.45, 7) is 2.03. The summed E-state index contributed by atoms with van der Waals surface area (Å²) in [5.41, 5.74) is 0. The fraction of sp³-hybridized carbons (Fsp3) is 0.714. The van der Waals surface area contributed by atoms with Gasteiger partial charge in [-0.1, -0.05) is 11.8 Å². The van der Waals surface area contributed by atoms with Crippen molar-refractivity contribution in [2.45, 2.75) is 17.6 Å². The van der Waals surface area contributed by atoms with Gasteiger partial charge in [-0.25, -0.2) is 0 Å². The Bertz CT molecular complexity index is 257. The van der Waals surface area contributed by atoms with Crippen molar-refractivity contribution in [3.63, 3.8) is 0 Å². The number of rotatable bonds is 2. The molecule has 4 nitrogen and oxygen atoms in total. The van der Waals surface area contributed by atoms with Crippen molar-refractivity contribution >= 4 is 11.8 Å². The summed E-state index contributed by atoms with van der Waals surface area (Å²) in [5.74, 6) is 1.21. The van der Waals surface area contributed by atoms with Crippen LogP contribution in [0, 0.1) is 0 Å². The molecule has 0 spiro atoms. The highest BCUT2D eigenvalue weighted by Crippen LogP contribution is 2.23. The summed E-state index contributed by atoms with van der Waals surface area (Å²) in [5, 5.41) is 11.8. The summed E-state index contributed by atoms with van der Waals surface area (Å²) < 4.78 is 5.42. The van der Waals surface area contributed by atoms with E-state index in [9.17, 15) is 0 Å². The fourth-order valence-corrected chi connectivity index (χ4v) is 1.62. The van der Waals surface area contributed by atoms with E-state index in [4.69, 9.17) is 4.42 Å². The molecule has 0 aliphatic carbocycles. The molecule has 0 aromatic carbocycles. The molecule has 1 fully saturated rings. The molecular formula is C7H11N3OS. The summed E-state index contributed by atoms with van der Waals surface area (Å²) in [7, 11) is 0. The first kappa shape index (κ1) is 8.07. The van der Waals surface area contributed by atoms with Gasteiger partial charge in [0.15, 0.2) is 0 Å². The van der Waals surface area contributed by atoms with Crippen molar-refractivity contribution in [3.8, 4) is 0 Å². The van der Waals surface area contributed by atoms with Gasteiger partial charge in [0.2, 0.25) is 5.89 Å². The van der Waals surface area contributed by atoms with E-state index in [-0.39, 0.29) is 0 Å². The van der Waals surface area contributed by atoms with E-state index in [1.807, 2.05) is 6.26 Å². The third-order valence-electron chi connectivity index (χ3n) is 2.01. The molecule has 2 heterocycles. The minimum atomic E-state index is 0.429. The molecule has 12 heavy (non-hydrogen) atoms. The van der Waals surface area contributed by atoms with Crippen LogP contribution in [-0.4, -0.2) is 29.5 Å². The Morgan fingerprint density at radius 1 is 1.58 bits per heavy atom. The SMILES string of the molecule is CSc1nnc(C2CCNC2)o1. The van der Waals surface area contributed by atoms with Crippen LogP contribution < -0.4 is 5.32 Å².